The third kappa shape index (κ3) is 42.3. The van der Waals surface area contributed by atoms with Gasteiger partial charge in [0.2, 0.25) is 0 Å². The molecule has 0 N–H and O–H groups in total. The van der Waals surface area contributed by atoms with Crippen LogP contribution in [0, 0.1) is 0 Å². The molecule has 0 rings (SSSR count). The highest BCUT2D eigenvalue weighted by Gasteiger charge is 2.27. The molecule has 0 aliphatic carbocycles. The van der Waals surface area contributed by atoms with Gasteiger partial charge in [0.15, 0.2) is 0 Å². The molecule has 0 aliphatic rings. The van der Waals surface area contributed by atoms with E-state index in [1.807, 2.05) is 31.1 Å². The monoisotopic (exact) mass is 872 g/mol. The predicted octanol–water partition coefficient (Wildman–Crippen LogP) is 18.3. The second kappa shape index (κ2) is 48.8. The van der Waals surface area contributed by atoms with E-state index in [9.17, 15) is 9.59 Å². The average molecular weight is 873 g/mol. The van der Waals surface area contributed by atoms with E-state index >= 15 is 0 Å². The van der Waals surface area contributed by atoms with Gasteiger partial charge in [0.05, 0.1) is 0 Å². The number of allylic oxidation sites excluding steroid dienone is 2. The summed E-state index contributed by atoms with van der Waals surface area (Å²) >= 11 is 0. The lowest BCUT2D eigenvalue weighted by Crippen LogP contribution is -2.39. The first-order valence-electron chi connectivity index (χ1n) is 27.7. The minimum Gasteiger partial charge on any atom is -0.462 e. The van der Waals surface area contributed by atoms with E-state index < -0.39 is 6.04 Å². The number of esters is 2. The van der Waals surface area contributed by atoms with Crippen LogP contribution in [0.3, 0.4) is 0 Å². The molecule has 0 aromatic heterocycles. The summed E-state index contributed by atoms with van der Waals surface area (Å²) in [4.78, 5) is 29.1. The molecule has 0 heterocycles. The molecule has 0 saturated heterocycles. The highest BCUT2D eigenvalue weighted by atomic mass is 16.5. The molecule has 0 amide bonds. The van der Waals surface area contributed by atoms with Crippen LogP contribution in [0.4, 0.5) is 0 Å². The third-order valence-corrected chi connectivity index (χ3v) is 13.2. The number of hydrogen-bond acceptors (Lipinski definition) is 5. The van der Waals surface area contributed by atoms with Crippen molar-refractivity contribution in [3.8, 4) is 0 Å². The maximum Gasteiger partial charge on any atom is 0.323 e. The molecule has 3 unspecified atom stereocenters. The molecule has 0 aromatic rings. The number of unbranched alkanes of at least 4 members (excludes halogenated alkanes) is 34. The first kappa shape index (κ1) is 60.4. The first-order chi connectivity index (χ1) is 30.4. The van der Waals surface area contributed by atoms with Gasteiger partial charge in [0.25, 0.3) is 0 Å². The van der Waals surface area contributed by atoms with Crippen molar-refractivity contribution in [2.75, 3.05) is 14.1 Å². The molecule has 0 saturated carbocycles. The van der Waals surface area contributed by atoms with Crippen LogP contribution in [0.1, 0.15) is 296 Å². The van der Waals surface area contributed by atoms with Gasteiger partial charge in [-0.25, -0.2) is 0 Å². The van der Waals surface area contributed by atoms with Crippen LogP contribution in [0.2, 0.25) is 0 Å². The Kier molecular flexibility index (Phi) is 47.6. The van der Waals surface area contributed by atoms with Crippen molar-refractivity contribution in [2.24, 2.45) is 0 Å². The minimum absolute atomic E-state index is 0.0157. The van der Waals surface area contributed by atoms with E-state index in [-0.39, 0.29) is 30.6 Å². The summed E-state index contributed by atoms with van der Waals surface area (Å²) < 4.78 is 12.5. The zero-order valence-electron chi connectivity index (χ0n) is 42.5. The zero-order chi connectivity index (χ0) is 45.4. The van der Waals surface area contributed by atoms with Gasteiger partial charge in [-0.05, 0) is 97.6 Å². The van der Waals surface area contributed by atoms with Crippen LogP contribution in [-0.4, -0.2) is 49.2 Å². The van der Waals surface area contributed by atoms with Crippen LogP contribution in [-0.2, 0) is 19.1 Å². The van der Waals surface area contributed by atoms with E-state index in [1.54, 1.807) is 0 Å². The van der Waals surface area contributed by atoms with Gasteiger partial charge >= 0.3 is 11.9 Å². The molecule has 5 heteroatoms. The van der Waals surface area contributed by atoms with E-state index in [0.717, 1.165) is 64.2 Å². The van der Waals surface area contributed by atoms with Crippen LogP contribution in [0.25, 0.3) is 0 Å². The Bertz CT molecular complexity index is 964. The standard InChI is InChI=1S/C57H109NO4/c1-7-11-15-19-23-27-29-31-33-37-40-44-48-53(47-43-39-35-25-21-17-13-9-3)61-56(59)52-51-55(58(5)6)57(60)62-54(49-45-41-36-26-22-18-14-10-4)50-46-42-38-34-32-30-28-24-20-16-12-8-2/h9-10,53-55H,3-4,7-8,11-52H2,1-2,5-6H3. The van der Waals surface area contributed by atoms with Crippen LogP contribution in [0.5, 0.6) is 0 Å². The van der Waals surface area contributed by atoms with Gasteiger partial charge in [-0.2, -0.15) is 0 Å². The highest BCUT2D eigenvalue weighted by molar-refractivity contribution is 5.77. The number of carbonyl (C=O) groups is 2. The van der Waals surface area contributed by atoms with Gasteiger partial charge in [0, 0.05) is 6.42 Å². The SMILES string of the molecule is C=CCCCCCCCCC(CCCCCCCCCCCCCC)OC(=O)CCC(C(=O)OC(CCCCCCCCC=C)CCCCCCCCCCCCCC)N(C)C. The quantitative estimate of drug-likeness (QED) is 0.0346. The largest absolute Gasteiger partial charge is 0.462 e. The Morgan fingerprint density at radius 1 is 0.403 bits per heavy atom. The van der Waals surface area contributed by atoms with E-state index in [4.69, 9.17) is 9.47 Å². The molecular formula is C57H109NO4. The summed E-state index contributed by atoms with van der Waals surface area (Å²) in [6.45, 7) is 12.3. The molecule has 3 atom stereocenters. The van der Waals surface area contributed by atoms with Crippen molar-refractivity contribution in [3.63, 3.8) is 0 Å². The van der Waals surface area contributed by atoms with E-state index in [2.05, 4.69) is 27.0 Å². The summed E-state index contributed by atoms with van der Waals surface area (Å²) in [6.07, 6.45) is 57.3. The van der Waals surface area contributed by atoms with E-state index in [1.165, 1.54) is 205 Å². The summed E-state index contributed by atoms with van der Waals surface area (Å²) in [5.74, 6) is -0.323. The molecule has 366 valence electrons. The molecule has 5 nitrogen and oxygen atoms in total. The second-order valence-electron chi connectivity index (χ2n) is 19.5. The zero-order valence-corrected chi connectivity index (χ0v) is 42.5. The van der Waals surface area contributed by atoms with Gasteiger partial charge in [-0.3, -0.25) is 14.5 Å². The molecule has 0 fully saturated rings. The van der Waals surface area contributed by atoms with Gasteiger partial charge in [-0.1, -0.05) is 219 Å². The van der Waals surface area contributed by atoms with Gasteiger partial charge in [0.1, 0.15) is 18.2 Å². The maximum atomic E-state index is 13.8. The van der Waals surface area contributed by atoms with Crippen molar-refractivity contribution in [2.45, 2.75) is 315 Å². The summed E-state index contributed by atoms with van der Waals surface area (Å²) in [5, 5.41) is 0. The number of likely N-dealkylation sites (N-methyl/N-ethyl adjacent to an activating group) is 1. The fraction of sp³-hybridized carbons (Fsp3) is 0.895. The van der Waals surface area contributed by atoms with Crippen molar-refractivity contribution in [3.05, 3.63) is 25.3 Å². The summed E-state index contributed by atoms with van der Waals surface area (Å²) in [7, 11) is 3.88. The molecule has 62 heavy (non-hydrogen) atoms. The lowest BCUT2D eigenvalue weighted by molar-refractivity contribution is -0.156. The highest BCUT2D eigenvalue weighted by Crippen LogP contribution is 2.22. The van der Waals surface area contributed by atoms with Gasteiger partial charge in [-0.15, -0.1) is 13.2 Å². The molecule has 0 aliphatic heterocycles. The second-order valence-corrected chi connectivity index (χ2v) is 19.5. The molecule has 0 aromatic carbocycles. The summed E-state index contributed by atoms with van der Waals surface area (Å²) in [6, 6.07) is -0.437. The fourth-order valence-electron chi connectivity index (χ4n) is 9.02. The van der Waals surface area contributed by atoms with E-state index in [0.29, 0.717) is 6.42 Å². The average Bonchev–Trinajstić information content (AvgIpc) is 3.25. The number of hydrogen-bond donors (Lipinski definition) is 0. The fourth-order valence-corrected chi connectivity index (χ4v) is 9.02. The Labute approximate surface area is 388 Å². The Hall–Kier alpha value is -1.62. The van der Waals surface area contributed by atoms with Crippen molar-refractivity contribution in [1.29, 1.82) is 0 Å². The van der Waals surface area contributed by atoms with Gasteiger partial charge < -0.3 is 9.47 Å². The molecule has 0 radical (unpaired) electrons. The Morgan fingerprint density at radius 3 is 0.968 bits per heavy atom. The number of rotatable bonds is 51. The molecule has 0 spiro atoms. The van der Waals surface area contributed by atoms with Crippen LogP contribution < -0.4 is 0 Å². The van der Waals surface area contributed by atoms with Crippen LogP contribution >= 0.6 is 0 Å². The summed E-state index contributed by atoms with van der Waals surface area (Å²) in [5.41, 5.74) is 0. The predicted molar refractivity (Wildman–Crippen MR) is 272 cm³/mol. The van der Waals surface area contributed by atoms with Crippen LogP contribution in [0.15, 0.2) is 25.3 Å². The lowest BCUT2D eigenvalue weighted by atomic mass is 10.0. The first-order valence-corrected chi connectivity index (χ1v) is 27.7. The minimum atomic E-state index is -0.437. The Morgan fingerprint density at radius 2 is 0.677 bits per heavy atom. The third-order valence-electron chi connectivity index (χ3n) is 13.2. The topological polar surface area (TPSA) is 55.8 Å². The number of ether oxygens (including phenoxy) is 2. The van der Waals surface area contributed by atoms with Crippen molar-refractivity contribution in [1.82, 2.24) is 4.90 Å². The smallest absolute Gasteiger partial charge is 0.323 e. The molecule has 0 bridgehead atoms. The number of nitrogens with zero attached hydrogens (tertiary/aromatic N) is 1. The molecular weight excluding hydrogens is 763 g/mol. The van der Waals surface area contributed by atoms with Crippen molar-refractivity contribution < 1.29 is 19.1 Å². The van der Waals surface area contributed by atoms with Crippen molar-refractivity contribution >= 4 is 11.9 Å². The normalized spacial score (nSPS) is 13.0. The Balaban J connectivity index is 5.02. The lowest BCUT2D eigenvalue weighted by Gasteiger charge is -2.26. The number of carbonyl (C=O) groups excluding carboxylic acids is 2. The maximum absolute atomic E-state index is 13.8.